The normalized spacial score (nSPS) is 17.8. The summed E-state index contributed by atoms with van der Waals surface area (Å²) < 4.78 is 14.2. The zero-order valence-corrected chi connectivity index (χ0v) is 14.2. The largest absolute Gasteiger partial charge is 0.364 e. The van der Waals surface area contributed by atoms with Gasteiger partial charge in [-0.2, -0.15) is 0 Å². The number of benzene rings is 1. The van der Waals surface area contributed by atoms with Crippen molar-refractivity contribution >= 4 is 17.5 Å². The third-order valence-corrected chi connectivity index (χ3v) is 5.05. The van der Waals surface area contributed by atoms with E-state index in [4.69, 9.17) is 17.3 Å². The van der Waals surface area contributed by atoms with Crippen molar-refractivity contribution in [2.45, 2.75) is 31.7 Å². The summed E-state index contributed by atoms with van der Waals surface area (Å²) in [7, 11) is 0. The number of imidazole rings is 1. The van der Waals surface area contributed by atoms with E-state index >= 15 is 0 Å². The molecule has 0 saturated carbocycles. The molecule has 7 heteroatoms. The molecule has 1 fully saturated rings. The van der Waals surface area contributed by atoms with Crippen LogP contribution in [-0.4, -0.2) is 33.9 Å². The number of nitrogens with zero attached hydrogens (tertiary/aromatic N) is 2. The number of carbonyl (C=O) groups excluding carboxylic acids is 1. The number of piperidine rings is 1. The number of nitrogens with one attached hydrogen (secondary N) is 1. The van der Waals surface area contributed by atoms with E-state index in [9.17, 15) is 9.18 Å². The molecule has 0 bridgehead atoms. The molecule has 1 aliphatic heterocycles. The summed E-state index contributed by atoms with van der Waals surface area (Å²) in [6, 6.07) is 5.08. The lowest BCUT2D eigenvalue weighted by molar-refractivity contribution is 0.0995. The fraction of sp³-hybridized carbons (Fsp3) is 0.412. The molecule has 5 nitrogen and oxygen atoms in total. The van der Waals surface area contributed by atoms with Crippen LogP contribution in [0.3, 0.4) is 0 Å². The highest BCUT2D eigenvalue weighted by atomic mass is 35.5. The van der Waals surface area contributed by atoms with Crippen LogP contribution in [0.1, 0.15) is 53.6 Å². The van der Waals surface area contributed by atoms with Crippen LogP contribution in [0, 0.1) is 5.82 Å². The van der Waals surface area contributed by atoms with Crippen LogP contribution in [0.2, 0.25) is 5.02 Å². The lowest BCUT2D eigenvalue weighted by atomic mass is 9.94. The Morgan fingerprint density at radius 2 is 2.17 bits per heavy atom. The van der Waals surface area contributed by atoms with E-state index in [1.54, 1.807) is 18.2 Å². The standard InChI is InChI=1S/C17H20ClFN4O/c1-10(12-3-2-4-13(18)15(12)19)23-7-5-11(6-8-23)17-21-9-14(22-17)16(20)24/h2-4,9-11H,5-8H2,1H3,(H2,20,24)(H,21,22). The van der Waals surface area contributed by atoms with Crippen LogP contribution >= 0.6 is 11.6 Å². The molecule has 2 heterocycles. The minimum Gasteiger partial charge on any atom is -0.364 e. The van der Waals surface area contributed by atoms with E-state index in [2.05, 4.69) is 14.9 Å². The lowest BCUT2D eigenvalue weighted by Crippen LogP contribution is -2.35. The molecule has 1 saturated heterocycles. The molecule has 128 valence electrons. The molecule has 1 aliphatic rings. The number of aromatic amines is 1. The molecule has 1 aromatic carbocycles. The minimum absolute atomic E-state index is 0.0394. The quantitative estimate of drug-likeness (QED) is 0.888. The molecule has 3 N–H and O–H groups in total. The van der Waals surface area contributed by atoms with Crippen molar-refractivity contribution in [3.8, 4) is 0 Å². The second kappa shape index (κ2) is 6.91. The monoisotopic (exact) mass is 350 g/mol. The third-order valence-electron chi connectivity index (χ3n) is 4.76. The lowest BCUT2D eigenvalue weighted by Gasteiger charge is -2.35. The second-order valence-electron chi connectivity index (χ2n) is 6.18. The Balaban J connectivity index is 1.66. The first-order valence-electron chi connectivity index (χ1n) is 8.00. The Kier molecular flexibility index (Phi) is 4.87. The van der Waals surface area contributed by atoms with E-state index in [0.29, 0.717) is 11.3 Å². The van der Waals surface area contributed by atoms with Gasteiger partial charge in [-0.3, -0.25) is 9.69 Å². The molecular formula is C17H20ClFN4O. The van der Waals surface area contributed by atoms with Crippen molar-refractivity contribution in [3.05, 3.63) is 52.3 Å². The number of hydrogen-bond donors (Lipinski definition) is 2. The van der Waals surface area contributed by atoms with Crippen molar-refractivity contribution in [1.29, 1.82) is 0 Å². The van der Waals surface area contributed by atoms with Gasteiger partial charge >= 0.3 is 0 Å². The van der Waals surface area contributed by atoms with Gasteiger partial charge in [-0.25, -0.2) is 9.37 Å². The van der Waals surface area contributed by atoms with Crippen molar-refractivity contribution in [2.75, 3.05) is 13.1 Å². The zero-order valence-electron chi connectivity index (χ0n) is 13.4. The van der Waals surface area contributed by atoms with Gasteiger partial charge in [0.15, 0.2) is 0 Å². The van der Waals surface area contributed by atoms with Gasteiger partial charge in [0.05, 0.1) is 11.2 Å². The summed E-state index contributed by atoms with van der Waals surface area (Å²) in [5, 5.41) is 0.156. The predicted molar refractivity (Wildman–Crippen MR) is 90.5 cm³/mol. The highest BCUT2D eigenvalue weighted by molar-refractivity contribution is 6.30. The smallest absolute Gasteiger partial charge is 0.266 e. The first-order chi connectivity index (χ1) is 11.5. The number of aromatic nitrogens is 2. The topological polar surface area (TPSA) is 75.0 Å². The minimum atomic E-state index is -0.503. The molecule has 1 unspecified atom stereocenters. The van der Waals surface area contributed by atoms with E-state index in [1.807, 2.05) is 6.92 Å². The summed E-state index contributed by atoms with van der Waals surface area (Å²) in [5.74, 6) is 0.206. The van der Waals surface area contributed by atoms with Crippen LogP contribution in [-0.2, 0) is 0 Å². The molecule has 0 aliphatic carbocycles. The Labute approximate surface area is 145 Å². The van der Waals surface area contributed by atoms with Crippen LogP contribution in [0.15, 0.2) is 24.4 Å². The van der Waals surface area contributed by atoms with Crippen LogP contribution in [0.25, 0.3) is 0 Å². The van der Waals surface area contributed by atoms with Gasteiger partial charge in [-0.15, -0.1) is 0 Å². The van der Waals surface area contributed by atoms with Crippen molar-refractivity contribution in [3.63, 3.8) is 0 Å². The van der Waals surface area contributed by atoms with E-state index < -0.39 is 5.91 Å². The molecule has 24 heavy (non-hydrogen) atoms. The summed E-state index contributed by atoms with van der Waals surface area (Å²) in [6.45, 7) is 3.64. The number of halogens is 2. The summed E-state index contributed by atoms with van der Waals surface area (Å²) in [6.07, 6.45) is 3.25. The molecule has 1 atom stereocenters. The molecule has 2 aromatic rings. The maximum Gasteiger partial charge on any atom is 0.266 e. The van der Waals surface area contributed by atoms with Gasteiger partial charge in [0.1, 0.15) is 17.3 Å². The fourth-order valence-corrected chi connectivity index (χ4v) is 3.45. The summed E-state index contributed by atoms with van der Waals surface area (Å²) in [4.78, 5) is 20.6. The maximum atomic E-state index is 14.2. The molecule has 1 amide bonds. The number of nitrogens with two attached hydrogens (primary N) is 1. The van der Waals surface area contributed by atoms with E-state index in [1.165, 1.54) is 6.20 Å². The Bertz CT molecular complexity index is 740. The molecular weight excluding hydrogens is 331 g/mol. The SMILES string of the molecule is CC(c1cccc(Cl)c1F)N1CCC(c2ncc(C(N)=O)[nH]2)CC1. The average molecular weight is 351 g/mol. The number of carbonyl (C=O) groups is 1. The fourth-order valence-electron chi connectivity index (χ4n) is 3.27. The van der Waals surface area contributed by atoms with Gasteiger partial charge in [0, 0.05) is 17.5 Å². The van der Waals surface area contributed by atoms with E-state index in [0.717, 1.165) is 31.8 Å². The van der Waals surface area contributed by atoms with Crippen molar-refractivity contribution < 1.29 is 9.18 Å². The van der Waals surface area contributed by atoms with Gasteiger partial charge in [-0.1, -0.05) is 23.7 Å². The van der Waals surface area contributed by atoms with Gasteiger partial charge in [0.2, 0.25) is 0 Å². The number of amides is 1. The average Bonchev–Trinajstić information content (AvgIpc) is 3.07. The van der Waals surface area contributed by atoms with E-state index in [-0.39, 0.29) is 22.8 Å². The van der Waals surface area contributed by atoms with Crippen molar-refractivity contribution in [1.82, 2.24) is 14.9 Å². The van der Waals surface area contributed by atoms with Gasteiger partial charge < -0.3 is 10.7 Å². The van der Waals surface area contributed by atoms with Crippen LogP contribution in [0.4, 0.5) is 4.39 Å². The van der Waals surface area contributed by atoms with Crippen LogP contribution in [0.5, 0.6) is 0 Å². The summed E-state index contributed by atoms with van der Waals surface area (Å²) >= 11 is 5.88. The number of primary amides is 1. The number of likely N-dealkylation sites (tertiary alicyclic amines) is 1. The van der Waals surface area contributed by atoms with Gasteiger partial charge in [-0.05, 0) is 38.9 Å². The third kappa shape index (κ3) is 3.30. The number of hydrogen-bond acceptors (Lipinski definition) is 3. The highest BCUT2D eigenvalue weighted by Crippen LogP contribution is 2.33. The molecule has 1 aromatic heterocycles. The Morgan fingerprint density at radius 1 is 1.46 bits per heavy atom. The molecule has 0 spiro atoms. The Morgan fingerprint density at radius 3 is 2.79 bits per heavy atom. The maximum absolute atomic E-state index is 14.2. The first kappa shape index (κ1) is 16.9. The Hall–Kier alpha value is -1.92. The second-order valence-corrected chi connectivity index (χ2v) is 6.58. The molecule has 3 rings (SSSR count). The molecule has 0 radical (unpaired) electrons. The first-order valence-corrected chi connectivity index (χ1v) is 8.38. The summed E-state index contributed by atoms with van der Waals surface area (Å²) in [5.41, 5.74) is 6.20. The number of H-pyrrole nitrogens is 1. The van der Waals surface area contributed by atoms with Crippen molar-refractivity contribution in [2.24, 2.45) is 5.73 Å². The van der Waals surface area contributed by atoms with Gasteiger partial charge in [0.25, 0.3) is 5.91 Å². The number of rotatable bonds is 4. The zero-order chi connectivity index (χ0) is 17.3. The predicted octanol–water partition coefficient (Wildman–Crippen LogP) is 3.24. The highest BCUT2D eigenvalue weighted by Gasteiger charge is 2.27. The van der Waals surface area contributed by atoms with Crippen LogP contribution < -0.4 is 5.73 Å².